The van der Waals surface area contributed by atoms with Crippen LogP contribution in [0.25, 0.3) is 0 Å². The maximum atomic E-state index is 13.5. The summed E-state index contributed by atoms with van der Waals surface area (Å²) in [5.41, 5.74) is 0.378. The highest BCUT2D eigenvalue weighted by molar-refractivity contribution is 5.92. The molecule has 33 heavy (non-hydrogen) atoms. The molecule has 0 spiro atoms. The summed E-state index contributed by atoms with van der Waals surface area (Å²) < 4.78 is 5.33. The topological polar surface area (TPSA) is 87.7 Å². The lowest BCUT2D eigenvalue weighted by atomic mass is 9.96. The van der Waals surface area contributed by atoms with Crippen LogP contribution in [0.2, 0.25) is 0 Å². The highest BCUT2D eigenvalue weighted by Gasteiger charge is 2.36. The minimum absolute atomic E-state index is 0.0627. The van der Waals surface area contributed by atoms with Gasteiger partial charge in [0.1, 0.15) is 17.7 Å². The van der Waals surface area contributed by atoms with Crippen LogP contribution in [-0.2, 0) is 14.3 Å². The summed E-state index contributed by atoms with van der Waals surface area (Å²) in [5.74, 6) is 1.63. The van der Waals surface area contributed by atoms with Crippen molar-refractivity contribution >= 4 is 17.9 Å². The molecule has 2 N–H and O–H groups in total. The van der Waals surface area contributed by atoms with E-state index in [1.807, 2.05) is 27.7 Å². The van der Waals surface area contributed by atoms with Gasteiger partial charge in [-0.05, 0) is 51.7 Å². The molecule has 0 aromatic heterocycles. The lowest BCUT2D eigenvalue weighted by Crippen LogP contribution is -2.54. The Hall–Kier alpha value is -3.01. The zero-order valence-corrected chi connectivity index (χ0v) is 21.2. The Morgan fingerprint density at radius 1 is 1.12 bits per heavy atom. The molecule has 1 aromatic rings. The summed E-state index contributed by atoms with van der Waals surface area (Å²) in [6.07, 6.45) is 6.72. The average Bonchev–Trinajstić information content (AvgIpc) is 2.70. The Kier molecular flexibility index (Phi) is 10.4. The van der Waals surface area contributed by atoms with Crippen molar-refractivity contribution < 1.29 is 19.1 Å². The molecule has 0 saturated heterocycles. The SMILES string of the molecule is C#Cc1ccccc1C(C(=O)NC(C)CCC)N(C)C(=O)C(NC(=O)OC(C)(C)C)C(C)C. The normalized spacial score (nSPS) is 13.9. The molecule has 1 aromatic carbocycles. The van der Waals surface area contributed by atoms with Gasteiger partial charge in [0, 0.05) is 18.7 Å². The second-order valence-corrected chi connectivity index (χ2v) is 9.65. The van der Waals surface area contributed by atoms with E-state index in [2.05, 4.69) is 16.6 Å². The lowest BCUT2D eigenvalue weighted by molar-refractivity contribution is -0.141. The molecule has 7 nitrogen and oxygen atoms in total. The molecule has 0 aliphatic rings. The zero-order valence-electron chi connectivity index (χ0n) is 21.2. The number of nitrogens with one attached hydrogen (secondary N) is 2. The van der Waals surface area contributed by atoms with E-state index in [9.17, 15) is 14.4 Å². The van der Waals surface area contributed by atoms with E-state index in [1.165, 1.54) is 4.90 Å². The van der Waals surface area contributed by atoms with E-state index in [0.29, 0.717) is 11.1 Å². The first kappa shape index (κ1) is 28.0. The van der Waals surface area contributed by atoms with Crippen LogP contribution in [0.3, 0.4) is 0 Å². The number of carbonyl (C=O) groups excluding carboxylic acids is 3. The fourth-order valence-corrected chi connectivity index (χ4v) is 3.51. The molecule has 0 saturated carbocycles. The minimum Gasteiger partial charge on any atom is -0.444 e. The van der Waals surface area contributed by atoms with E-state index < -0.39 is 29.7 Å². The van der Waals surface area contributed by atoms with Gasteiger partial charge < -0.3 is 20.3 Å². The van der Waals surface area contributed by atoms with Gasteiger partial charge in [0.05, 0.1) is 0 Å². The third kappa shape index (κ3) is 8.45. The van der Waals surface area contributed by atoms with Gasteiger partial charge in [-0.1, -0.05) is 51.3 Å². The van der Waals surface area contributed by atoms with Gasteiger partial charge in [0.15, 0.2) is 0 Å². The molecule has 1 rings (SSSR count). The largest absolute Gasteiger partial charge is 0.444 e. The van der Waals surface area contributed by atoms with Gasteiger partial charge in [-0.2, -0.15) is 0 Å². The Morgan fingerprint density at radius 2 is 1.73 bits per heavy atom. The van der Waals surface area contributed by atoms with Gasteiger partial charge in [-0.25, -0.2) is 4.79 Å². The molecule has 7 heteroatoms. The second kappa shape index (κ2) is 12.3. The Morgan fingerprint density at radius 3 is 2.24 bits per heavy atom. The van der Waals surface area contributed by atoms with Gasteiger partial charge >= 0.3 is 6.09 Å². The maximum Gasteiger partial charge on any atom is 0.408 e. The van der Waals surface area contributed by atoms with Crippen LogP contribution in [0.15, 0.2) is 24.3 Å². The Balaban J connectivity index is 3.32. The van der Waals surface area contributed by atoms with Crippen LogP contribution in [0, 0.1) is 18.3 Å². The molecule has 0 radical (unpaired) electrons. The van der Waals surface area contributed by atoms with Crippen molar-refractivity contribution in [3.63, 3.8) is 0 Å². The number of alkyl carbamates (subject to hydrolysis) is 1. The second-order valence-electron chi connectivity index (χ2n) is 9.65. The molecule has 0 fully saturated rings. The summed E-state index contributed by atoms with van der Waals surface area (Å²) in [6, 6.07) is 5.16. The highest BCUT2D eigenvalue weighted by atomic mass is 16.6. The molecule has 0 heterocycles. The van der Waals surface area contributed by atoms with Gasteiger partial charge in [-0.15, -0.1) is 6.42 Å². The predicted octanol–water partition coefficient (Wildman–Crippen LogP) is 4.02. The van der Waals surface area contributed by atoms with Crippen LogP contribution >= 0.6 is 0 Å². The summed E-state index contributed by atoms with van der Waals surface area (Å²) in [6.45, 7) is 12.9. The van der Waals surface area contributed by atoms with Gasteiger partial charge in [0.2, 0.25) is 11.8 Å². The number of hydrogen-bond acceptors (Lipinski definition) is 4. The third-order valence-corrected chi connectivity index (χ3v) is 5.11. The first-order chi connectivity index (χ1) is 15.3. The number of hydrogen-bond donors (Lipinski definition) is 2. The van der Waals surface area contributed by atoms with Crippen LogP contribution in [-0.4, -0.2) is 47.5 Å². The molecular weight excluding hydrogens is 418 g/mol. The zero-order chi connectivity index (χ0) is 25.3. The van der Waals surface area contributed by atoms with Crippen molar-refractivity contribution in [1.29, 1.82) is 0 Å². The molecule has 3 atom stereocenters. The Bertz CT molecular complexity index is 867. The quantitative estimate of drug-likeness (QED) is 0.548. The van der Waals surface area contributed by atoms with Crippen molar-refractivity contribution in [3.05, 3.63) is 35.4 Å². The molecule has 182 valence electrons. The third-order valence-electron chi connectivity index (χ3n) is 5.11. The number of amides is 3. The first-order valence-corrected chi connectivity index (χ1v) is 11.4. The number of terminal acetylenes is 1. The smallest absolute Gasteiger partial charge is 0.408 e. The number of rotatable bonds is 9. The summed E-state index contributed by atoms with van der Waals surface area (Å²) in [4.78, 5) is 40.6. The molecule has 3 unspecified atom stereocenters. The number of nitrogens with zero attached hydrogens (tertiary/aromatic N) is 1. The molecule has 0 aliphatic heterocycles. The Labute approximate surface area is 198 Å². The van der Waals surface area contributed by atoms with E-state index in [1.54, 1.807) is 52.1 Å². The summed E-state index contributed by atoms with van der Waals surface area (Å²) in [7, 11) is 1.55. The maximum absolute atomic E-state index is 13.5. The predicted molar refractivity (Wildman–Crippen MR) is 130 cm³/mol. The van der Waals surface area contributed by atoms with E-state index in [-0.39, 0.29) is 17.9 Å². The van der Waals surface area contributed by atoms with Crippen LogP contribution < -0.4 is 10.6 Å². The monoisotopic (exact) mass is 457 g/mol. The van der Waals surface area contributed by atoms with E-state index in [4.69, 9.17) is 11.2 Å². The number of benzene rings is 1. The van der Waals surface area contributed by atoms with Crippen molar-refractivity contribution in [2.75, 3.05) is 7.05 Å². The molecule has 3 amide bonds. The van der Waals surface area contributed by atoms with Gasteiger partial charge in [0.25, 0.3) is 0 Å². The van der Waals surface area contributed by atoms with Crippen LogP contribution in [0.5, 0.6) is 0 Å². The van der Waals surface area contributed by atoms with Crippen LogP contribution in [0.4, 0.5) is 4.79 Å². The highest BCUT2D eigenvalue weighted by Crippen LogP contribution is 2.25. The fraction of sp³-hybridized carbons (Fsp3) is 0.577. The molecule has 0 bridgehead atoms. The van der Waals surface area contributed by atoms with Gasteiger partial charge in [-0.3, -0.25) is 9.59 Å². The van der Waals surface area contributed by atoms with Crippen molar-refractivity contribution in [2.45, 2.75) is 85.0 Å². The van der Waals surface area contributed by atoms with Crippen LogP contribution in [0.1, 0.15) is 78.5 Å². The summed E-state index contributed by atoms with van der Waals surface area (Å²) in [5, 5.41) is 5.66. The molecular formula is C26H39N3O4. The number of likely N-dealkylation sites (N-methyl/N-ethyl adjacent to an activating group) is 1. The average molecular weight is 458 g/mol. The molecule has 0 aliphatic carbocycles. The minimum atomic E-state index is -0.953. The van der Waals surface area contributed by atoms with E-state index >= 15 is 0 Å². The first-order valence-electron chi connectivity index (χ1n) is 11.4. The van der Waals surface area contributed by atoms with Crippen molar-refractivity contribution in [3.8, 4) is 12.3 Å². The lowest BCUT2D eigenvalue weighted by Gasteiger charge is -2.34. The van der Waals surface area contributed by atoms with E-state index in [0.717, 1.165) is 12.8 Å². The number of ether oxygens (including phenoxy) is 1. The van der Waals surface area contributed by atoms with Crippen molar-refractivity contribution in [2.24, 2.45) is 5.92 Å². The standard InChI is InChI=1S/C26H39N3O4/c1-10-14-18(5)27-23(30)22(20-16-13-12-15-19(20)11-2)29(9)24(31)21(17(3)4)28-25(32)33-26(6,7)8/h2,12-13,15-18,21-22H,10,14H2,1,3-9H3,(H,27,30)(H,28,32). The summed E-state index contributed by atoms with van der Waals surface area (Å²) >= 11 is 0. The van der Waals surface area contributed by atoms with Crippen molar-refractivity contribution in [1.82, 2.24) is 15.5 Å². The fourth-order valence-electron chi connectivity index (χ4n) is 3.51. The number of carbonyl (C=O) groups is 3.